The van der Waals surface area contributed by atoms with Gasteiger partial charge in [0.25, 0.3) is 0 Å². The van der Waals surface area contributed by atoms with E-state index in [4.69, 9.17) is 4.78 Å². The Hall–Kier alpha value is -2.20. The zero-order valence-electron chi connectivity index (χ0n) is 11.7. The Morgan fingerprint density at radius 1 is 1.05 bits per heavy atom. The molecule has 0 spiro atoms. The maximum absolute atomic E-state index is 11.5. The fraction of sp³-hybridized carbons (Fsp3) is 0.118. The predicted octanol–water partition coefficient (Wildman–Crippen LogP) is 4.08. The summed E-state index contributed by atoms with van der Waals surface area (Å²) in [5.74, 6) is 0.296. The maximum atomic E-state index is 11.5. The molecule has 0 saturated carbocycles. The SMILES string of the molecule is CS(=N)(=O)Cc1ccc(-c2ccnc3ccccc23)cc1. The summed E-state index contributed by atoms with van der Waals surface area (Å²) in [6.07, 6.45) is 3.28. The van der Waals surface area contributed by atoms with E-state index in [2.05, 4.69) is 11.1 Å². The van der Waals surface area contributed by atoms with Crippen LogP contribution in [0.3, 0.4) is 0 Å². The second-order valence-electron chi connectivity index (χ2n) is 5.22. The first-order valence-corrected chi connectivity index (χ1v) is 8.81. The monoisotopic (exact) mass is 296 g/mol. The molecule has 3 nitrogen and oxygen atoms in total. The Kier molecular flexibility index (Phi) is 3.47. The maximum Gasteiger partial charge on any atom is 0.0708 e. The van der Waals surface area contributed by atoms with E-state index >= 15 is 0 Å². The average Bonchev–Trinajstić information content (AvgIpc) is 2.46. The molecule has 1 aromatic heterocycles. The molecule has 0 fully saturated rings. The summed E-state index contributed by atoms with van der Waals surface area (Å²) < 4.78 is 19.1. The van der Waals surface area contributed by atoms with Gasteiger partial charge in [0.15, 0.2) is 0 Å². The Labute approximate surface area is 124 Å². The lowest BCUT2D eigenvalue weighted by Gasteiger charge is -2.07. The van der Waals surface area contributed by atoms with Crippen LogP contribution < -0.4 is 0 Å². The molecule has 0 bridgehead atoms. The average molecular weight is 296 g/mol. The summed E-state index contributed by atoms with van der Waals surface area (Å²) in [7, 11) is -2.50. The number of benzene rings is 2. The van der Waals surface area contributed by atoms with Gasteiger partial charge in [-0.3, -0.25) is 9.76 Å². The molecule has 4 heteroatoms. The van der Waals surface area contributed by atoms with Crippen molar-refractivity contribution >= 4 is 20.6 Å². The Balaban J connectivity index is 2.04. The molecular formula is C17H16N2OS. The molecule has 3 aromatic rings. The van der Waals surface area contributed by atoms with E-state index in [0.717, 1.165) is 27.6 Å². The standard InChI is InChI=1S/C17H16N2OS/c1-21(18,20)12-13-6-8-14(9-7-13)15-10-11-19-17-5-3-2-4-16(15)17/h2-11,18H,12H2,1H3. The van der Waals surface area contributed by atoms with E-state index in [1.165, 1.54) is 6.26 Å². The molecule has 0 saturated heterocycles. The number of pyridine rings is 1. The third-order valence-corrected chi connectivity index (χ3v) is 4.24. The Bertz CT molecular complexity index is 879. The topological polar surface area (TPSA) is 53.8 Å². The van der Waals surface area contributed by atoms with E-state index in [1.807, 2.05) is 54.7 Å². The lowest BCUT2D eigenvalue weighted by Crippen LogP contribution is -1.98. The molecule has 0 aliphatic rings. The lowest BCUT2D eigenvalue weighted by atomic mass is 10.0. The van der Waals surface area contributed by atoms with Crippen LogP contribution in [0.4, 0.5) is 0 Å². The minimum Gasteiger partial charge on any atom is -0.256 e. The molecule has 0 amide bonds. The number of hydrogen-bond acceptors (Lipinski definition) is 3. The largest absolute Gasteiger partial charge is 0.256 e. The fourth-order valence-corrected chi connectivity index (χ4v) is 3.27. The van der Waals surface area contributed by atoms with Crippen molar-refractivity contribution in [2.75, 3.05) is 6.26 Å². The zero-order valence-corrected chi connectivity index (χ0v) is 12.6. The van der Waals surface area contributed by atoms with Gasteiger partial charge in [-0.1, -0.05) is 42.5 Å². The zero-order chi connectivity index (χ0) is 14.9. The van der Waals surface area contributed by atoms with Crippen LogP contribution in [0.25, 0.3) is 22.0 Å². The Morgan fingerprint density at radius 2 is 1.76 bits per heavy atom. The van der Waals surface area contributed by atoms with Crippen molar-refractivity contribution in [3.8, 4) is 11.1 Å². The molecule has 1 heterocycles. The lowest BCUT2D eigenvalue weighted by molar-refractivity contribution is 0.678. The fourth-order valence-electron chi connectivity index (χ4n) is 2.45. The van der Waals surface area contributed by atoms with Crippen LogP contribution in [0.2, 0.25) is 0 Å². The van der Waals surface area contributed by atoms with E-state index in [9.17, 15) is 4.21 Å². The van der Waals surface area contributed by atoms with E-state index in [0.29, 0.717) is 5.75 Å². The Morgan fingerprint density at radius 3 is 2.48 bits per heavy atom. The number of rotatable bonds is 3. The van der Waals surface area contributed by atoms with Gasteiger partial charge < -0.3 is 0 Å². The van der Waals surface area contributed by atoms with Crippen LogP contribution in [0.15, 0.2) is 60.8 Å². The summed E-state index contributed by atoms with van der Waals surface area (Å²) >= 11 is 0. The van der Waals surface area contributed by atoms with Crippen LogP contribution in [-0.2, 0) is 15.5 Å². The van der Waals surface area contributed by atoms with E-state index < -0.39 is 9.73 Å². The first kappa shape index (κ1) is 13.8. The number of para-hydroxylation sites is 1. The van der Waals surface area contributed by atoms with Crippen LogP contribution in [0.1, 0.15) is 5.56 Å². The van der Waals surface area contributed by atoms with Gasteiger partial charge in [-0.25, -0.2) is 4.21 Å². The number of fused-ring (bicyclic) bond motifs is 1. The number of hydrogen-bond donors (Lipinski definition) is 1. The minimum atomic E-state index is -2.50. The van der Waals surface area contributed by atoms with E-state index in [1.54, 1.807) is 0 Å². The van der Waals surface area contributed by atoms with Gasteiger partial charge in [0.1, 0.15) is 0 Å². The molecule has 0 radical (unpaired) electrons. The summed E-state index contributed by atoms with van der Waals surface area (Å²) in [5, 5.41) is 1.12. The first-order chi connectivity index (χ1) is 10.0. The number of nitrogens with one attached hydrogen (secondary N) is 1. The normalized spacial score (nSPS) is 14.0. The van der Waals surface area contributed by atoms with Crippen molar-refractivity contribution in [1.29, 1.82) is 4.78 Å². The highest BCUT2D eigenvalue weighted by Crippen LogP contribution is 2.27. The van der Waals surface area contributed by atoms with Crippen molar-refractivity contribution in [1.82, 2.24) is 4.98 Å². The first-order valence-electron chi connectivity index (χ1n) is 6.67. The molecule has 3 rings (SSSR count). The van der Waals surface area contributed by atoms with Crippen LogP contribution >= 0.6 is 0 Å². The number of aromatic nitrogens is 1. The second kappa shape index (κ2) is 5.30. The third-order valence-electron chi connectivity index (χ3n) is 3.36. The van der Waals surface area contributed by atoms with Gasteiger partial charge in [-0.15, -0.1) is 0 Å². The van der Waals surface area contributed by atoms with Gasteiger partial charge in [0.2, 0.25) is 0 Å². The highest BCUT2D eigenvalue weighted by atomic mass is 32.2. The summed E-state index contributed by atoms with van der Waals surface area (Å²) in [6, 6.07) is 18.0. The quantitative estimate of drug-likeness (QED) is 0.791. The van der Waals surface area contributed by atoms with Gasteiger partial charge >= 0.3 is 0 Å². The summed E-state index contributed by atoms with van der Waals surface area (Å²) in [5.41, 5.74) is 4.14. The smallest absolute Gasteiger partial charge is 0.0708 e. The highest BCUT2D eigenvalue weighted by molar-refractivity contribution is 7.90. The van der Waals surface area contributed by atoms with Crippen molar-refractivity contribution in [3.63, 3.8) is 0 Å². The van der Waals surface area contributed by atoms with Crippen LogP contribution in [0, 0.1) is 4.78 Å². The predicted molar refractivity (Wildman–Crippen MR) is 87.7 cm³/mol. The molecule has 0 aliphatic heterocycles. The van der Waals surface area contributed by atoms with Crippen molar-refractivity contribution in [2.24, 2.45) is 0 Å². The van der Waals surface area contributed by atoms with Gasteiger partial charge in [0, 0.05) is 27.6 Å². The van der Waals surface area contributed by atoms with E-state index in [-0.39, 0.29) is 0 Å². The summed E-state index contributed by atoms with van der Waals surface area (Å²) in [4.78, 5) is 4.37. The molecule has 106 valence electrons. The molecule has 1 atom stereocenters. The van der Waals surface area contributed by atoms with Crippen molar-refractivity contribution in [3.05, 3.63) is 66.4 Å². The second-order valence-corrected chi connectivity index (χ2v) is 7.52. The molecular weight excluding hydrogens is 280 g/mol. The van der Waals surface area contributed by atoms with Gasteiger partial charge in [-0.2, -0.15) is 0 Å². The summed E-state index contributed by atoms with van der Waals surface area (Å²) in [6.45, 7) is 0. The van der Waals surface area contributed by atoms with Gasteiger partial charge in [0.05, 0.1) is 11.3 Å². The van der Waals surface area contributed by atoms with Crippen molar-refractivity contribution < 1.29 is 4.21 Å². The molecule has 1 unspecified atom stereocenters. The highest BCUT2D eigenvalue weighted by Gasteiger charge is 2.05. The minimum absolute atomic E-state index is 0.296. The number of nitrogens with zero attached hydrogens (tertiary/aromatic N) is 1. The van der Waals surface area contributed by atoms with Crippen LogP contribution in [0.5, 0.6) is 0 Å². The van der Waals surface area contributed by atoms with Crippen LogP contribution in [-0.4, -0.2) is 15.4 Å². The third kappa shape index (κ3) is 3.11. The molecule has 2 aromatic carbocycles. The molecule has 1 N–H and O–H groups in total. The van der Waals surface area contributed by atoms with Gasteiger partial charge in [-0.05, 0) is 28.8 Å². The van der Waals surface area contributed by atoms with Crippen molar-refractivity contribution in [2.45, 2.75) is 5.75 Å². The molecule has 0 aliphatic carbocycles. The molecule has 21 heavy (non-hydrogen) atoms.